The third-order valence-electron chi connectivity index (χ3n) is 2.78. The molecule has 0 aromatic carbocycles. The highest BCUT2D eigenvalue weighted by molar-refractivity contribution is 4.85. The predicted molar refractivity (Wildman–Crippen MR) is 48.5 cm³/mol. The second kappa shape index (κ2) is 3.11. The van der Waals surface area contributed by atoms with Gasteiger partial charge >= 0.3 is 0 Å². The Morgan fingerprint density at radius 1 is 1.55 bits per heavy atom. The van der Waals surface area contributed by atoms with Crippen LogP contribution in [-0.2, 0) is 0 Å². The molecule has 1 saturated heterocycles. The lowest BCUT2D eigenvalue weighted by molar-refractivity contribution is 0.0833. The van der Waals surface area contributed by atoms with Crippen LogP contribution in [0.1, 0.15) is 26.7 Å². The van der Waals surface area contributed by atoms with Crippen molar-refractivity contribution in [2.45, 2.75) is 32.7 Å². The summed E-state index contributed by atoms with van der Waals surface area (Å²) in [4.78, 5) is 2.41. The minimum absolute atomic E-state index is 0.333. The van der Waals surface area contributed by atoms with E-state index in [0.717, 1.165) is 12.6 Å². The predicted octanol–water partition coefficient (Wildman–Crippen LogP) is 1.07. The lowest BCUT2D eigenvalue weighted by Gasteiger charge is -2.42. The molecule has 1 aliphatic rings. The third-order valence-corrected chi connectivity index (χ3v) is 2.78. The molecular weight excluding hydrogens is 136 g/mol. The van der Waals surface area contributed by atoms with Gasteiger partial charge in [0.1, 0.15) is 0 Å². The van der Waals surface area contributed by atoms with Crippen molar-refractivity contribution in [1.29, 1.82) is 0 Å². The molecule has 11 heavy (non-hydrogen) atoms. The summed E-state index contributed by atoms with van der Waals surface area (Å²) in [5.74, 6) is 0. The van der Waals surface area contributed by atoms with Crippen molar-refractivity contribution < 1.29 is 0 Å². The SMILES string of the molecule is CN1CCC1CC(C)(C)CN. The van der Waals surface area contributed by atoms with Crippen LogP contribution in [0.4, 0.5) is 0 Å². The highest BCUT2D eigenvalue weighted by atomic mass is 15.2. The van der Waals surface area contributed by atoms with E-state index < -0.39 is 0 Å². The average Bonchev–Trinajstić information content (AvgIpc) is 1.98. The molecule has 0 aliphatic carbocycles. The molecule has 0 radical (unpaired) electrons. The van der Waals surface area contributed by atoms with E-state index in [-0.39, 0.29) is 0 Å². The molecule has 1 heterocycles. The second-order valence-corrected chi connectivity index (χ2v) is 4.50. The van der Waals surface area contributed by atoms with Gasteiger partial charge in [0.15, 0.2) is 0 Å². The fourth-order valence-electron chi connectivity index (χ4n) is 1.55. The fourth-order valence-corrected chi connectivity index (χ4v) is 1.55. The standard InChI is InChI=1S/C9H20N2/c1-9(2,7-10)6-8-4-5-11(8)3/h8H,4-7,10H2,1-3H3. The number of likely N-dealkylation sites (tertiary alicyclic amines) is 1. The Labute approximate surface area is 69.8 Å². The molecule has 1 atom stereocenters. The van der Waals surface area contributed by atoms with E-state index in [1.165, 1.54) is 19.4 Å². The maximum Gasteiger partial charge on any atom is 0.0110 e. The summed E-state index contributed by atoms with van der Waals surface area (Å²) in [7, 11) is 2.20. The van der Waals surface area contributed by atoms with Gasteiger partial charge < -0.3 is 10.6 Å². The number of hydrogen-bond donors (Lipinski definition) is 1. The van der Waals surface area contributed by atoms with E-state index >= 15 is 0 Å². The Bertz CT molecular complexity index is 132. The summed E-state index contributed by atoms with van der Waals surface area (Å²) in [6.07, 6.45) is 2.61. The van der Waals surface area contributed by atoms with Crippen LogP contribution in [0.15, 0.2) is 0 Å². The third kappa shape index (κ3) is 2.17. The lowest BCUT2D eigenvalue weighted by atomic mass is 9.82. The molecule has 0 saturated carbocycles. The largest absolute Gasteiger partial charge is 0.330 e. The minimum atomic E-state index is 0.333. The van der Waals surface area contributed by atoms with Gasteiger partial charge in [-0.3, -0.25) is 0 Å². The monoisotopic (exact) mass is 156 g/mol. The lowest BCUT2D eigenvalue weighted by Crippen LogP contribution is -2.47. The Kier molecular flexibility index (Phi) is 2.55. The molecule has 1 unspecified atom stereocenters. The molecule has 0 spiro atoms. The van der Waals surface area contributed by atoms with Gasteiger partial charge in [-0.05, 0) is 38.4 Å². The molecule has 2 heteroatoms. The molecule has 2 N–H and O–H groups in total. The average molecular weight is 156 g/mol. The number of rotatable bonds is 3. The first kappa shape index (κ1) is 9.01. The Morgan fingerprint density at radius 2 is 2.18 bits per heavy atom. The highest BCUT2D eigenvalue weighted by Gasteiger charge is 2.29. The number of nitrogens with two attached hydrogens (primary N) is 1. The molecule has 2 nitrogen and oxygen atoms in total. The van der Waals surface area contributed by atoms with Gasteiger partial charge in [-0.1, -0.05) is 13.8 Å². The molecule has 0 bridgehead atoms. The van der Waals surface area contributed by atoms with E-state index in [1.807, 2.05) is 0 Å². The summed E-state index contributed by atoms with van der Waals surface area (Å²) in [6, 6.07) is 0.800. The van der Waals surface area contributed by atoms with E-state index in [2.05, 4.69) is 25.8 Å². The van der Waals surface area contributed by atoms with E-state index in [0.29, 0.717) is 5.41 Å². The van der Waals surface area contributed by atoms with Gasteiger partial charge in [-0.25, -0.2) is 0 Å². The molecule has 0 amide bonds. The maximum atomic E-state index is 5.66. The summed E-state index contributed by atoms with van der Waals surface area (Å²) >= 11 is 0. The second-order valence-electron chi connectivity index (χ2n) is 4.50. The molecule has 1 fully saturated rings. The van der Waals surface area contributed by atoms with E-state index in [4.69, 9.17) is 5.73 Å². The fraction of sp³-hybridized carbons (Fsp3) is 1.00. The van der Waals surface area contributed by atoms with Crippen LogP contribution in [0, 0.1) is 5.41 Å². The van der Waals surface area contributed by atoms with Crippen molar-refractivity contribution in [3.05, 3.63) is 0 Å². The molecular formula is C9H20N2. The van der Waals surface area contributed by atoms with Crippen molar-refractivity contribution in [3.63, 3.8) is 0 Å². The van der Waals surface area contributed by atoms with Crippen LogP contribution < -0.4 is 5.73 Å². The van der Waals surface area contributed by atoms with Gasteiger partial charge in [0, 0.05) is 6.04 Å². The smallest absolute Gasteiger partial charge is 0.0110 e. The molecule has 0 aromatic rings. The van der Waals surface area contributed by atoms with Crippen LogP contribution >= 0.6 is 0 Å². The summed E-state index contributed by atoms with van der Waals surface area (Å²) in [6.45, 7) is 6.57. The van der Waals surface area contributed by atoms with Crippen LogP contribution in [0.5, 0.6) is 0 Å². The summed E-state index contributed by atoms with van der Waals surface area (Å²) in [5, 5.41) is 0. The Balaban J connectivity index is 2.29. The first-order valence-corrected chi connectivity index (χ1v) is 4.45. The van der Waals surface area contributed by atoms with Crippen molar-refractivity contribution in [2.75, 3.05) is 20.1 Å². The maximum absolute atomic E-state index is 5.66. The quantitative estimate of drug-likeness (QED) is 0.662. The minimum Gasteiger partial charge on any atom is -0.330 e. The summed E-state index contributed by atoms with van der Waals surface area (Å²) in [5.41, 5.74) is 5.99. The first-order chi connectivity index (χ1) is 5.05. The van der Waals surface area contributed by atoms with Gasteiger partial charge in [0.05, 0.1) is 0 Å². The van der Waals surface area contributed by atoms with Crippen LogP contribution in [0.25, 0.3) is 0 Å². The molecule has 1 rings (SSSR count). The van der Waals surface area contributed by atoms with Gasteiger partial charge in [-0.15, -0.1) is 0 Å². The van der Waals surface area contributed by atoms with Crippen LogP contribution in [0.2, 0.25) is 0 Å². The van der Waals surface area contributed by atoms with Crippen molar-refractivity contribution in [1.82, 2.24) is 4.90 Å². The van der Waals surface area contributed by atoms with Gasteiger partial charge in [-0.2, -0.15) is 0 Å². The normalized spacial score (nSPS) is 26.7. The van der Waals surface area contributed by atoms with Crippen molar-refractivity contribution in [2.24, 2.45) is 11.1 Å². The molecule has 1 aliphatic heterocycles. The topological polar surface area (TPSA) is 29.3 Å². The molecule has 66 valence electrons. The number of hydrogen-bond acceptors (Lipinski definition) is 2. The van der Waals surface area contributed by atoms with E-state index in [1.54, 1.807) is 0 Å². The van der Waals surface area contributed by atoms with Crippen LogP contribution in [-0.4, -0.2) is 31.1 Å². The first-order valence-electron chi connectivity index (χ1n) is 4.45. The Hall–Kier alpha value is -0.0800. The zero-order valence-electron chi connectivity index (χ0n) is 7.93. The zero-order chi connectivity index (χ0) is 8.48. The van der Waals surface area contributed by atoms with E-state index in [9.17, 15) is 0 Å². The molecule has 0 aromatic heterocycles. The Morgan fingerprint density at radius 3 is 2.45 bits per heavy atom. The highest BCUT2D eigenvalue weighted by Crippen LogP contribution is 2.28. The van der Waals surface area contributed by atoms with Crippen LogP contribution in [0.3, 0.4) is 0 Å². The van der Waals surface area contributed by atoms with Gasteiger partial charge in [0.25, 0.3) is 0 Å². The van der Waals surface area contributed by atoms with Gasteiger partial charge in [0.2, 0.25) is 0 Å². The summed E-state index contributed by atoms with van der Waals surface area (Å²) < 4.78 is 0. The van der Waals surface area contributed by atoms with Crippen molar-refractivity contribution in [3.8, 4) is 0 Å². The number of nitrogens with zero attached hydrogens (tertiary/aromatic N) is 1. The van der Waals surface area contributed by atoms with Crippen molar-refractivity contribution >= 4 is 0 Å². The zero-order valence-corrected chi connectivity index (χ0v) is 7.93.